The third-order valence-corrected chi connectivity index (χ3v) is 2.00. The maximum atomic E-state index is 5.81. The first-order valence-corrected chi connectivity index (χ1v) is 4.18. The second-order valence-corrected chi connectivity index (χ2v) is 3.03. The summed E-state index contributed by atoms with van der Waals surface area (Å²) < 4.78 is 0. The molecule has 64 valence electrons. The molecular weight excluding hydrogens is 146 g/mol. The third-order valence-electron chi connectivity index (χ3n) is 2.00. The standard InChI is InChI=1S/C11H15N/c1-3-11(9(2)12)10-7-5-4-6-8-10/h3-9,11H,1,12H2,2H3. The minimum absolute atomic E-state index is 0.130. The molecule has 0 fully saturated rings. The summed E-state index contributed by atoms with van der Waals surface area (Å²) in [4.78, 5) is 0. The van der Waals surface area contributed by atoms with E-state index in [-0.39, 0.29) is 12.0 Å². The van der Waals surface area contributed by atoms with E-state index in [1.54, 1.807) is 0 Å². The van der Waals surface area contributed by atoms with E-state index in [9.17, 15) is 0 Å². The minimum Gasteiger partial charge on any atom is -0.327 e. The highest BCUT2D eigenvalue weighted by Crippen LogP contribution is 2.18. The van der Waals surface area contributed by atoms with E-state index < -0.39 is 0 Å². The van der Waals surface area contributed by atoms with Gasteiger partial charge in [-0.25, -0.2) is 0 Å². The molecule has 2 atom stereocenters. The van der Waals surface area contributed by atoms with Crippen LogP contribution in [0.1, 0.15) is 18.4 Å². The van der Waals surface area contributed by atoms with Crippen LogP contribution in [0.5, 0.6) is 0 Å². The summed E-state index contributed by atoms with van der Waals surface area (Å²) in [5, 5.41) is 0. The average Bonchev–Trinajstić information content (AvgIpc) is 2.07. The summed E-state index contributed by atoms with van der Waals surface area (Å²) in [5.41, 5.74) is 7.05. The molecule has 0 spiro atoms. The molecule has 2 N–H and O–H groups in total. The highest BCUT2D eigenvalue weighted by Gasteiger charge is 2.10. The van der Waals surface area contributed by atoms with E-state index in [0.29, 0.717) is 0 Å². The Morgan fingerprint density at radius 3 is 2.33 bits per heavy atom. The Hall–Kier alpha value is -1.08. The third kappa shape index (κ3) is 1.95. The lowest BCUT2D eigenvalue weighted by atomic mass is 9.93. The van der Waals surface area contributed by atoms with Gasteiger partial charge in [0.25, 0.3) is 0 Å². The lowest BCUT2D eigenvalue weighted by molar-refractivity contribution is 0.663. The smallest absolute Gasteiger partial charge is 0.0164 e. The molecule has 0 aliphatic rings. The van der Waals surface area contributed by atoms with Gasteiger partial charge >= 0.3 is 0 Å². The molecule has 0 amide bonds. The molecule has 0 aromatic heterocycles. The summed E-state index contributed by atoms with van der Waals surface area (Å²) in [6.07, 6.45) is 1.90. The van der Waals surface area contributed by atoms with Gasteiger partial charge in [0.15, 0.2) is 0 Å². The van der Waals surface area contributed by atoms with E-state index in [0.717, 1.165) is 0 Å². The van der Waals surface area contributed by atoms with Crippen molar-refractivity contribution in [1.82, 2.24) is 0 Å². The molecule has 1 heteroatoms. The molecule has 0 aliphatic heterocycles. The van der Waals surface area contributed by atoms with Crippen molar-refractivity contribution in [2.24, 2.45) is 5.73 Å². The SMILES string of the molecule is C=CC(c1ccccc1)C(C)N. The topological polar surface area (TPSA) is 26.0 Å². The highest BCUT2D eigenvalue weighted by atomic mass is 14.6. The first-order valence-electron chi connectivity index (χ1n) is 4.18. The first kappa shape index (κ1) is 9.01. The van der Waals surface area contributed by atoms with Crippen LogP contribution >= 0.6 is 0 Å². The van der Waals surface area contributed by atoms with Crippen LogP contribution in [0.4, 0.5) is 0 Å². The summed E-state index contributed by atoms with van der Waals surface area (Å²) in [5.74, 6) is 0.270. The average molecular weight is 161 g/mol. The van der Waals surface area contributed by atoms with Crippen LogP contribution in [-0.2, 0) is 0 Å². The predicted octanol–water partition coefficient (Wildman–Crippen LogP) is 2.30. The van der Waals surface area contributed by atoms with E-state index in [1.165, 1.54) is 5.56 Å². The fraction of sp³-hybridized carbons (Fsp3) is 0.273. The number of hydrogen-bond acceptors (Lipinski definition) is 1. The Bertz CT molecular complexity index is 238. The highest BCUT2D eigenvalue weighted by molar-refractivity contribution is 5.24. The molecule has 0 saturated carbocycles. The Morgan fingerprint density at radius 2 is 1.92 bits per heavy atom. The molecule has 1 aromatic carbocycles. The van der Waals surface area contributed by atoms with E-state index >= 15 is 0 Å². The Labute approximate surface area is 73.9 Å². The van der Waals surface area contributed by atoms with Gasteiger partial charge in [-0.15, -0.1) is 6.58 Å². The molecule has 0 saturated heterocycles. The van der Waals surface area contributed by atoms with Crippen LogP contribution in [0.2, 0.25) is 0 Å². The molecule has 2 unspecified atom stereocenters. The molecule has 12 heavy (non-hydrogen) atoms. The predicted molar refractivity (Wildman–Crippen MR) is 53.0 cm³/mol. The monoisotopic (exact) mass is 161 g/mol. The fourth-order valence-electron chi connectivity index (χ4n) is 1.33. The number of nitrogens with two attached hydrogens (primary N) is 1. The molecule has 0 radical (unpaired) electrons. The van der Waals surface area contributed by atoms with Gasteiger partial charge in [0.05, 0.1) is 0 Å². The molecule has 1 aromatic rings. The number of rotatable bonds is 3. The second-order valence-electron chi connectivity index (χ2n) is 3.03. The van der Waals surface area contributed by atoms with Crippen molar-refractivity contribution in [2.45, 2.75) is 18.9 Å². The molecular formula is C11H15N. The van der Waals surface area contributed by atoms with Crippen molar-refractivity contribution in [1.29, 1.82) is 0 Å². The zero-order valence-electron chi connectivity index (χ0n) is 7.40. The van der Waals surface area contributed by atoms with Gasteiger partial charge in [-0.2, -0.15) is 0 Å². The van der Waals surface area contributed by atoms with Crippen LogP contribution in [-0.4, -0.2) is 6.04 Å². The van der Waals surface area contributed by atoms with Crippen LogP contribution < -0.4 is 5.73 Å². The molecule has 0 bridgehead atoms. The Balaban J connectivity index is 2.88. The van der Waals surface area contributed by atoms with Gasteiger partial charge in [0.1, 0.15) is 0 Å². The van der Waals surface area contributed by atoms with Crippen LogP contribution in [0, 0.1) is 0 Å². The van der Waals surface area contributed by atoms with Gasteiger partial charge in [-0.3, -0.25) is 0 Å². The van der Waals surface area contributed by atoms with Crippen molar-refractivity contribution in [3.05, 3.63) is 48.6 Å². The van der Waals surface area contributed by atoms with Crippen molar-refractivity contribution in [3.63, 3.8) is 0 Å². The zero-order valence-corrected chi connectivity index (χ0v) is 7.40. The summed E-state index contributed by atoms with van der Waals surface area (Å²) >= 11 is 0. The molecule has 0 heterocycles. The van der Waals surface area contributed by atoms with Crippen molar-refractivity contribution < 1.29 is 0 Å². The maximum Gasteiger partial charge on any atom is 0.0164 e. The zero-order chi connectivity index (χ0) is 8.97. The van der Waals surface area contributed by atoms with Crippen molar-refractivity contribution >= 4 is 0 Å². The van der Waals surface area contributed by atoms with E-state index in [1.807, 2.05) is 31.2 Å². The molecule has 0 aliphatic carbocycles. The van der Waals surface area contributed by atoms with Gasteiger partial charge in [0.2, 0.25) is 0 Å². The number of benzene rings is 1. The van der Waals surface area contributed by atoms with Gasteiger partial charge in [-0.05, 0) is 12.5 Å². The van der Waals surface area contributed by atoms with Crippen LogP contribution in [0.15, 0.2) is 43.0 Å². The molecule has 1 nitrogen and oxygen atoms in total. The normalized spacial score (nSPS) is 15.2. The van der Waals surface area contributed by atoms with E-state index in [4.69, 9.17) is 5.73 Å². The van der Waals surface area contributed by atoms with E-state index in [2.05, 4.69) is 18.7 Å². The largest absolute Gasteiger partial charge is 0.327 e. The quantitative estimate of drug-likeness (QED) is 0.676. The van der Waals surface area contributed by atoms with Crippen LogP contribution in [0.3, 0.4) is 0 Å². The van der Waals surface area contributed by atoms with Gasteiger partial charge in [-0.1, -0.05) is 36.4 Å². The van der Waals surface area contributed by atoms with Crippen molar-refractivity contribution in [2.75, 3.05) is 0 Å². The van der Waals surface area contributed by atoms with Gasteiger partial charge < -0.3 is 5.73 Å². The Morgan fingerprint density at radius 1 is 1.33 bits per heavy atom. The molecule has 1 rings (SSSR count). The summed E-state index contributed by atoms with van der Waals surface area (Å²) in [6.45, 7) is 5.78. The van der Waals surface area contributed by atoms with Gasteiger partial charge in [0, 0.05) is 12.0 Å². The summed E-state index contributed by atoms with van der Waals surface area (Å²) in [7, 11) is 0. The second kappa shape index (κ2) is 4.07. The fourth-order valence-corrected chi connectivity index (χ4v) is 1.33. The Kier molecular flexibility index (Phi) is 3.06. The minimum atomic E-state index is 0.130. The lowest BCUT2D eigenvalue weighted by Crippen LogP contribution is -2.23. The number of hydrogen-bond donors (Lipinski definition) is 1. The maximum absolute atomic E-state index is 5.81. The van der Waals surface area contributed by atoms with Crippen molar-refractivity contribution in [3.8, 4) is 0 Å². The summed E-state index contributed by atoms with van der Waals surface area (Å²) in [6, 6.07) is 10.3. The van der Waals surface area contributed by atoms with Crippen LogP contribution in [0.25, 0.3) is 0 Å². The first-order chi connectivity index (χ1) is 5.75. The lowest BCUT2D eigenvalue weighted by Gasteiger charge is -2.16.